The van der Waals surface area contributed by atoms with Crippen LogP contribution in [0.2, 0.25) is 0 Å². The van der Waals surface area contributed by atoms with Crippen molar-refractivity contribution < 1.29 is 24.2 Å². The van der Waals surface area contributed by atoms with Gasteiger partial charge in [-0.25, -0.2) is 14.3 Å². The lowest BCUT2D eigenvalue weighted by Crippen LogP contribution is -2.37. The molecule has 0 amide bonds. The number of esters is 1. The summed E-state index contributed by atoms with van der Waals surface area (Å²) in [6.07, 6.45) is 1.37. The Balaban J connectivity index is 1.32. The van der Waals surface area contributed by atoms with Crippen LogP contribution >= 0.6 is 0 Å². The van der Waals surface area contributed by atoms with Gasteiger partial charge in [0, 0.05) is 42.7 Å². The maximum Gasteiger partial charge on any atom is 0.325 e. The number of carboxylic acid groups (broad SMARTS) is 1. The molecule has 216 valence electrons. The zero-order chi connectivity index (χ0) is 29.2. The first-order chi connectivity index (χ1) is 20.4. The molecule has 0 bridgehead atoms. The number of benzene rings is 1. The van der Waals surface area contributed by atoms with E-state index in [0.717, 1.165) is 17.1 Å². The van der Waals surface area contributed by atoms with Crippen molar-refractivity contribution in [2.24, 2.45) is 5.73 Å². The van der Waals surface area contributed by atoms with Crippen LogP contribution in [0.3, 0.4) is 0 Å². The van der Waals surface area contributed by atoms with Crippen LogP contribution in [0, 0.1) is 6.92 Å². The Morgan fingerprint density at radius 3 is 2.55 bits per heavy atom. The third-order valence-corrected chi connectivity index (χ3v) is 6.89. The number of aromatic nitrogens is 7. The van der Waals surface area contributed by atoms with Gasteiger partial charge in [0.2, 0.25) is 0 Å². The highest BCUT2D eigenvalue weighted by Crippen LogP contribution is 2.26. The summed E-state index contributed by atoms with van der Waals surface area (Å²) in [6, 6.07) is 16.3. The lowest BCUT2D eigenvalue weighted by molar-refractivity contribution is -0.152. The van der Waals surface area contributed by atoms with Crippen molar-refractivity contribution in [1.82, 2.24) is 34.2 Å². The fourth-order valence-corrected chi connectivity index (χ4v) is 4.69. The standard InChI is InChI=1S/C28H29N9O5/c1-18-13-22(32-36(18)17-42-28(40)20(29)14-27(38)39)23-15-25-30-24(16-26(37(25)33-23)34-9-11-41-12-10-34)35-8-7-21(31-35)19-5-3-2-4-6-19/h2-8,13,15-16,20H,9-12,14,17,29H2,1H3,(H,38,39)/t20-/m0/s1. The number of fused-ring (bicyclic) bond motifs is 1. The maximum absolute atomic E-state index is 12.1. The van der Waals surface area contributed by atoms with Gasteiger partial charge < -0.3 is 25.2 Å². The average molecular weight is 572 g/mol. The SMILES string of the molecule is Cc1cc(-c2cc3nc(-n4ccc(-c5ccccc5)n4)cc(N4CCOCC4)n3n2)nn1COC(=O)[C@@H](N)CC(=O)O. The summed E-state index contributed by atoms with van der Waals surface area (Å²) >= 11 is 0. The molecule has 14 heteroatoms. The van der Waals surface area contributed by atoms with Crippen LogP contribution < -0.4 is 10.6 Å². The molecule has 1 aromatic carbocycles. The lowest BCUT2D eigenvalue weighted by atomic mass is 10.2. The Hall–Kier alpha value is -5.08. The van der Waals surface area contributed by atoms with Crippen LogP contribution in [0.5, 0.6) is 0 Å². The van der Waals surface area contributed by atoms with Crippen molar-refractivity contribution in [1.29, 1.82) is 0 Å². The Bertz CT molecular complexity index is 1740. The van der Waals surface area contributed by atoms with E-state index in [-0.39, 0.29) is 6.73 Å². The summed E-state index contributed by atoms with van der Waals surface area (Å²) in [4.78, 5) is 30.0. The number of carboxylic acids is 1. The molecule has 1 aliphatic heterocycles. The molecule has 1 fully saturated rings. The van der Waals surface area contributed by atoms with E-state index < -0.39 is 24.4 Å². The van der Waals surface area contributed by atoms with Gasteiger partial charge in [0.1, 0.15) is 23.2 Å². The van der Waals surface area contributed by atoms with Gasteiger partial charge >= 0.3 is 11.9 Å². The van der Waals surface area contributed by atoms with Crippen LogP contribution in [-0.2, 0) is 25.8 Å². The van der Waals surface area contributed by atoms with E-state index in [4.69, 9.17) is 35.5 Å². The number of aliphatic carboxylic acids is 1. The van der Waals surface area contributed by atoms with Gasteiger partial charge in [0.25, 0.3) is 0 Å². The van der Waals surface area contributed by atoms with Crippen molar-refractivity contribution in [3.05, 3.63) is 66.5 Å². The van der Waals surface area contributed by atoms with Crippen molar-refractivity contribution in [3.8, 4) is 28.5 Å². The minimum Gasteiger partial charge on any atom is -0.481 e. The second kappa shape index (κ2) is 11.4. The highest BCUT2D eigenvalue weighted by molar-refractivity contribution is 5.81. The number of carbonyl (C=O) groups excluding carboxylic acids is 1. The molecule has 3 N–H and O–H groups in total. The molecule has 0 saturated carbocycles. The van der Waals surface area contributed by atoms with Crippen molar-refractivity contribution in [3.63, 3.8) is 0 Å². The third kappa shape index (κ3) is 5.57. The molecule has 14 nitrogen and oxygen atoms in total. The van der Waals surface area contributed by atoms with E-state index in [1.165, 1.54) is 4.68 Å². The number of hydrogen-bond acceptors (Lipinski definition) is 10. The number of rotatable bonds is 9. The van der Waals surface area contributed by atoms with E-state index >= 15 is 0 Å². The molecule has 1 saturated heterocycles. The summed E-state index contributed by atoms with van der Waals surface area (Å²) < 4.78 is 15.8. The Morgan fingerprint density at radius 1 is 1.02 bits per heavy atom. The number of nitrogens with two attached hydrogens (primary N) is 1. The quantitative estimate of drug-likeness (QED) is 0.248. The van der Waals surface area contributed by atoms with Crippen molar-refractivity contribution >= 4 is 23.4 Å². The lowest BCUT2D eigenvalue weighted by Gasteiger charge is -2.29. The molecule has 6 rings (SSSR count). The molecule has 5 heterocycles. The van der Waals surface area contributed by atoms with Crippen LogP contribution in [0.4, 0.5) is 5.82 Å². The number of hydrogen-bond donors (Lipinski definition) is 2. The minimum absolute atomic E-state index is 0.212. The summed E-state index contributed by atoms with van der Waals surface area (Å²) in [5.74, 6) is -0.508. The van der Waals surface area contributed by atoms with E-state index in [9.17, 15) is 9.59 Å². The molecule has 1 aliphatic rings. The maximum atomic E-state index is 12.1. The number of aryl methyl sites for hydroxylation is 1. The molecule has 0 aliphatic carbocycles. The molecule has 42 heavy (non-hydrogen) atoms. The average Bonchev–Trinajstić information content (AvgIpc) is 3.74. The first kappa shape index (κ1) is 27.1. The van der Waals surface area contributed by atoms with Gasteiger partial charge in [-0.1, -0.05) is 30.3 Å². The Labute approximate surface area is 239 Å². The van der Waals surface area contributed by atoms with Gasteiger partial charge in [0.05, 0.1) is 25.3 Å². The van der Waals surface area contributed by atoms with Crippen LogP contribution in [0.25, 0.3) is 34.1 Å². The van der Waals surface area contributed by atoms with E-state index in [0.29, 0.717) is 54.9 Å². The fraction of sp³-hybridized carbons (Fsp3) is 0.286. The highest BCUT2D eigenvalue weighted by Gasteiger charge is 2.22. The Morgan fingerprint density at radius 2 is 1.79 bits per heavy atom. The summed E-state index contributed by atoms with van der Waals surface area (Å²) in [5.41, 5.74) is 9.91. The van der Waals surface area contributed by atoms with Crippen molar-refractivity contribution in [2.75, 3.05) is 31.2 Å². The molecule has 0 unspecified atom stereocenters. The second-order valence-electron chi connectivity index (χ2n) is 9.85. The Kier molecular flexibility index (Phi) is 7.37. The zero-order valence-electron chi connectivity index (χ0n) is 22.8. The minimum atomic E-state index is -1.26. The van der Waals surface area contributed by atoms with E-state index in [1.807, 2.05) is 67.7 Å². The van der Waals surface area contributed by atoms with Crippen LogP contribution in [-0.4, -0.2) is 83.5 Å². The summed E-state index contributed by atoms with van der Waals surface area (Å²) in [7, 11) is 0. The number of morpholine rings is 1. The predicted molar refractivity (Wildman–Crippen MR) is 151 cm³/mol. The highest BCUT2D eigenvalue weighted by atomic mass is 16.5. The van der Waals surface area contributed by atoms with Crippen LogP contribution in [0.15, 0.2) is 60.8 Å². The number of anilines is 1. The van der Waals surface area contributed by atoms with E-state index in [1.54, 1.807) is 9.20 Å². The largest absolute Gasteiger partial charge is 0.481 e. The zero-order valence-corrected chi connectivity index (χ0v) is 22.8. The van der Waals surface area contributed by atoms with Gasteiger partial charge in [-0.3, -0.25) is 9.59 Å². The van der Waals surface area contributed by atoms with Crippen LogP contribution in [0.1, 0.15) is 12.1 Å². The summed E-state index contributed by atoms with van der Waals surface area (Å²) in [5, 5.41) is 23.0. The molecule has 0 spiro atoms. The first-order valence-corrected chi connectivity index (χ1v) is 13.4. The van der Waals surface area contributed by atoms with Gasteiger partial charge in [-0.05, 0) is 19.1 Å². The molecular formula is C28H29N9O5. The molecule has 5 aromatic rings. The third-order valence-electron chi connectivity index (χ3n) is 6.89. The van der Waals surface area contributed by atoms with Gasteiger partial charge in [-0.15, -0.1) is 0 Å². The fourth-order valence-electron chi connectivity index (χ4n) is 4.69. The van der Waals surface area contributed by atoms with E-state index in [2.05, 4.69) is 10.00 Å². The smallest absolute Gasteiger partial charge is 0.325 e. The van der Waals surface area contributed by atoms with Gasteiger partial charge in [0.15, 0.2) is 18.2 Å². The summed E-state index contributed by atoms with van der Waals surface area (Å²) in [6.45, 7) is 4.21. The number of nitrogens with zero attached hydrogens (tertiary/aromatic N) is 8. The van der Waals surface area contributed by atoms with Gasteiger partial charge in [-0.2, -0.15) is 19.8 Å². The number of carbonyl (C=O) groups is 2. The second-order valence-corrected chi connectivity index (χ2v) is 9.85. The van der Waals surface area contributed by atoms with Crippen molar-refractivity contribution in [2.45, 2.75) is 26.1 Å². The molecular weight excluding hydrogens is 542 g/mol. The normalized spacial score (nSPS) is 14.3. The molecule has 4 aromatic heterocycles. The topological polar surface area (TPSA) is 168 Å². The first-order valence-electron chi connectivity index (χ1n) is 13.4. The molecule has 0 radical (unpaired) electrons. The monoisotopic (exact) mass is 571 g/mol. The number of ether oxygens (including phenoxy) is 2. The molecule has 1 atom stereocenters. The predicted octanol–water partition coefficient (Wildman–Crippen LogP) is 1.89.